The number of hydrogen-bond acceptors (Lipinski definition) is 5. The van der Waals surface area contributed by atoms with Gasteiger partial charge in [-0.25, -0.2) is 4.79 Å². The summed E-state index contributed by atoms with van der Waals surface area (Å²) in [5, 5.41) is 0.479. The largest absolute Gasteiger partial charge is 0.481 e. The van der Waals surface area contributed by atoms with Crippen LogP contribution in [0.15, 0.2) is 75.9 Å². The van der Waals surface area contributed by atoms with E-state index in [2.05, 4.69) is 0 Å². The minimum Gasteiger partial charge on any atom is -0.481 e. The van der Waals surface area contributed by atoms with Crippen LogP contribution in [0.4, 0.5) is 0 Å². The Labute approximate surface area is 179 Å². The van der Waals surface area contributed by atoms with Crippen LogP contribution in [0.2, 0.25) is 0 Å². The highest BCUT2D eigenvalue weighted by Gasteiger charge is 2.18. The van der Waals surface area contributed by atoms with Crippen LogP contribution < -0.4 is 10.2 Å². The number of esters is 1. The minimum absolute atomic E-state index is 0.155. The molecular weight excluding hydrogens is 392 g/mol. The van der Waals surface area contributed by atoms with Crippen LogP contribution in [0.25, 0.3) is 22.3 Å². The Morgan fingerprint density at radius 2 is 1.58 bits per heavy atom. The number of carbonyl (C=O) groups excluding carboxylic acids is 1. The van der Waals surface area contributed by atoms with Gasteiger partial charge in [-0.15, -0.1) is 0 Å². The number of carbonyl (C=O) groups is 1. The Morgan fingerprint density at radius 1 is 0.903 bits per heavy atom. The zero-order valence-electron chi connectivity index (χ0n) is 17.6. The van der Waals surface area contributed by atoms with E-state index in [-0.39, 0.29) is 17.8 Å². The summed E-state index contributed by atoms with van der Waals surface area (Å²) in [6.45, 7) is 4.08. The first kappa shape index (κ1) is 20.4. The summed E-state index contributed by atoms with van der Waals surface area (Å²) in [6.07, 6.45) is 0. The molecule has 0 aliphatic heterocycles. The van der Waals surface area contributed by atoms with E-state index < -0.39 is 5.97 Å². The highest BCUT2D eigenvalue weighted by molar-refractivity contribution is 5.89. The summed E-state index contributed by atoms with van der Waals surface area (Å²) in [5.74, 6) is 0.159. The normalized spacial score (nSPS) is 10.8. The molecule has 0 radical (unpaired) electrons. The van der Waals surface area contributed by atoms with Gasteiger partial charge >= 0.3 is 5.97 Å². The van der Waals surface area contributed by atoms with Crippen molar-refractivity contribution in [3.05, 3.63) is 99.2 Å². The number of fused-ring (bicyclic) bond motifs is 1. The molecule has 5 nitrogen and oxygen atoms in total. The van der Waals surface area contributed by atoms with Crippen molar-refractivity contribution < 1.29 is 18.7 Å². The molecule has 0 fully saturated rings. The van der Waals surface area contributed by atoms with E-state index in [0.717, 1.165) is 22.3 Å². The average Bonchev–Trinajstić information content (AvgIpc) is 2.79. The van der Waals surface area contributed by atoms with Gasteiger partial charge in [-0.2, -0.15) is 0 Å². The lowest BCUT2D eigenvalue weighted by Gasteiger charge is -2.12. The second kappa shape index (κ2) is 8.48. The molecule has 1 heterocycles. The summed E-state index contributed by atoms with van der Waals surface area (Å²) in [4.78, 5) is 24.9. The standard InChI is InChI=1S/C26H22O5/c1-16-4-9-19(10-5-16)24-25(23(27)21-14-17(2)6-13-22(21)31-24)30-15-18-7-11-20(12-8-18)26(28)29-3/h4-14H,15H2,1-3H3. The number of ether oxygens (including phenoxy) is 2. The van der Waals surface area contributed by atoms with Gasteiger partial charge in [-0.3, -0.25) is 4.79 Å². The van der Waals surface area contributed by atoms with Gasteiger partial charge in [0.05, 0.1) is 18.1 Å². The van der Waals surface area contributed by atoms with Gasteiger partial charge in [0.2, 0.25) is 11.2 Å². The van der Waals surface area contributed by atoms with Crippen LogP contribution in [0, 0.1) is 13.8 Å². The summed E-state index contributed by atoms with van der Waals surface area (Å²) in [7, 11) is 1.34. The van der Waals surface area contributed by atoms with E-state index in [9.17, 15) is 9.59 Å². The number of aryl methyl sites for hydroxylation is 2. The third-order valence-electron chi connectivity index (χ3n) is 5.08. The van der Waals surface area contributed by atoms with Crippen LogP contribution in [-0.4, -0.2) is 13.1 Å². The highest BCUT2D eigenvalue weighted by atomic mass is 16.5. The Bertz CT molecular complexity index is 1300. The molecule has 0 atom stereocenters. The molecule has 31 heavy (non-hydrogen) atoms. The number of hydrogen-bond donors (Lipinski definition) is 0. The molecule has 156 valence electrons. The molecule has 0 N–H and O–H groups in total. The van der Waals surface area contributed by atoms with E-state index >= 15 is 0 Å². The first-order chi connectivity index (χ1) is 15.0. The Kier molecular flexibility index (Phi) is 5.58. The van der Waals surface area contributed by atoms with Gasteiger partial charge in [-0.1, -0.05) is 53.6 Å². The molecular formula is C26H22O5. The molecule has 4 rings (SSSR count). The predicted octanol–water partition coefficient (Wildman–Crippen LogP) is 5.44. The van der Waals surface area contributed by atoms with Crippen LogP contribution in [0.3, 0.4) is 0 Å². The van der Waals surface area contributed by atoms with E-state index in [1.165, 1.54) is 7.11 Å². The molecule has 0 aliphatic rings. The topological polar surface area (TPSA) is 65.7 Å². The van der Waals surface area contributed by atoms with E-state index in [0.29, 0.717) is 22.3 Å². The second-order valence-corrected chi connectivity index (χ2v) is 7.43. The molecule has 4 aromatic rings. The molecule has 0 spiro atoms. The lowest BCUT2D eigenvalue weighted by molar-refractivity contribution is 0.0600. The molecule has 0 saturated heterocycles. The Hall–Kier alpha value is -3.86. The fourth-order valence-corrected chi connectivity index (χ4v) is 3.33. The van der Waals surface area contributed by atoms with E-state index in [4.69, 9.17) is 13.9 Å². The predicted molar refractivity (Wildman–Crippen MR) is 120 cm³/mol. The van der Waals surface area contributed by atoms with Crippen molar-refractivity contribution in [3.8, 4) is 17.1 Å². The summed E-state index contributed by atoms with van der Waals surface area (Å²) in [5.41, 5.74) is 4.40. The van der Waals surface area contributed by atoms with Crippen molar-refractivity contribution in [1.29, 1.82) is 0 Å². The van der Waals surface area contributed by atoms with Gasteiger partial charge < -0.3 is 13.9 Å². The van der Waals surface area contributed by atoms with Crippen molar-refractivity contribution in [2.45, 2.75) is 20.5 Å². The maximum absolute atomic E-state index is 13.3. The summed E-state index contributed by atoms with van der Waals surface area (Å²) >= 11 is 0. The van der Waals surface area contributed by atoms with Gasteiger partial charge in [0, 0.05) is 5.56 Å². The zero-order valence-corrected chi connectivity index (χ0v) is 17.6. The summed E-state index contributed by atoms with van der Waals surface area (Å²) in [6, 6.07) is 20.1. The van der Waals surface area contributed by atoms with Crippen molar-refractivity contribution in [2.24, 2.45) is 0 Å². The molecule has 0 unspecified atom stereocenters. The van der Waals surface area contributed by atoms with Crippen molar-refractivity contribution in [2.75, 3.05) is 7.11 Å². The maximum atomic E-state index is 13.3. The van der Waals surface area contributed by atoms with Crippen LogP contribution in [0.5, 0.6) is 5.75 Å². The Balaban J connectivity index is 1.75. The molecule has 1 aromatic heterocycles. The van der Waals surface area contributed by atoms with Gasteiger partial charge in [0.25, 0.3) is 0 Å². The zero-order chi connectivity index (χ0) is 22.0. The highest BCUT2D eigenvalue weighted by Crippen LogP contribution is 2.32. The third-order valence-corrected chi connectivity index (χ3v) is 5.08. The van der Waals surface area contributed by atoms with Gasteiger partial charge in [-0.05, 0) is 43.7 Å². The second-order valence-electron chi connectivity index (χ2n) is 7.43. The van der Waals surface area contributed by atoms with Crippen molar-refractivity contribution >= 4 is 16.9 Å². The maximum Gasteiger partial charge on any atom is 0.337 e. The van der Waals surface area contributed by atoms with Crippen molar-refractivity contribution in [3.63, 3.8) is 0 Å². The number of methoxy groups -OCH3 is 1. The average molecular weight is 414 g/mol. The molecule has 0 aliphatic carbocycles. The van der Waals surface area contributed by atoms with Gasteiger partial charge in [0.1, 0.15) is 12.2 Å². The fraction of sp³-hybridized carbons (Fsp3) is 0.154. The first-order valence-corrected chi connectivity index (χ1v) is 9.91. The fourth-order valence-electron chi connectivity index (χ4n) is 3.33. The quantitative estimate of drug-likeness (QED) is 0.407. The Morgan fingerprint density at radius 3 is 2.26 bits per heavy atom. The van der Waals surface area contributed by atoms with E-state index in [1.807, 2.05) is 44.2 Å². The van der Waals surface area contributed by atoms with Crippen LogP contribution >= 0.6 is 0 Å². The van der Waals surface area contributed by atoms with Crippen LogP contribution in [0.1, 0.15) is 27.0 Å². The smallest absolute Gasteiger partial charge is 0.337 e. The SMILES string of the molecule is COC(=O)c1ccc(COc2c(-c3ccc(C)cc3)oc3ccc(C)cc3c2=O)cc1. The molecule has 5 heteroatoms. The monoisotopic (exact) mass is 414 g/mol. The molecule has 0 saturated carbocycles. The number of benzene rings is 3. The minimum atomic E-state index is -0.403. The lowest BCUT2D eigenvalue weighted by atomic mass is 10.1. The molecule has 0 amide bonds. The van der Waals surface area contributed by atoms with Crippen molar-refractivity contribution in [1.82, 2.24) is 0 Å². The summed E-state index contributed by atoms with van der Waals surface area (Å²) < 4.78 is 16.8. The van der Waals surface area contributed by atoms with Gasteiger partial charge in [0.15, 0.2) is 5.76 Å². The lowest BCUT2D eigenvalue weighted by Crippen LogP contribution is -2.10. The molecule has 3 aromatic carbocycles. The van der Waals surface area contributed by atoms with Crippen LogP contribution in [-0.2, 0) is 11.3 Å². The number of rotatable bonds is 5. The molecule has 0 bridgehead atoms. The van der Waals surface area contributed by atoms with E-state index in [1.54, 1.807) is 36.4 Å². The first-order valence-electron chi connectivity index (χ1n) is 9.91. The third kappa shape index (κ3) is 4.21.